The predicted molar refractivity (Wildman–Crippen MR) is 66.6 cm³/mol. The summed E-state index contributed by atoms with van der Waals surface area (Å²) in [5.74, 6) is -1.16. The number of halogens is 3. The molecule has 1 aliphatic heterocycles. The van der Waals surface area contributed by atoms with Crippen LogP contribution in [0.25, 0.3) is 0 Å². The SMILES string of the molecule is O=S1(=O)CCCC1CNC1CCCCC1C(F)(F)F. The summed E-state index contributed by atoms with van der Waals surface area (Å²) < 4.78 is 62.0. The molecular formula is C12H20F3NO2S. The summed E-state index contributed by atoms with van der Waals surface area (Å²) >= 11 is 0. The van der Waals surface area contributed by atoms with Crippen molar-refractivity contribution in [2.24, 2.45) is 5.92 Å². The first-order chi connectivity index (χ1) is 8.81. The molecule has 0 aromatic rings. The molecule has 0 aromatic heterocycles. The summed E-state index contributed by atoms with van der Waals surface area (Å²) in [6.45, 7) is 0.166. The van der Waals surface area contributed by atoms with E-state index in [1.54, 1.807) is 0 Å². The second-order valence-electron chi connectivity index (χ2n) is 5.58. The second-order valence-corrected chi connectivity index (χ2v) is 7.98. The van der Waals surface area contributed by atoms with Crippen LogP contribution in [0.2, 0.25) is 0 Å². The largest absolute Gasteiger partial charge is 0.393 e. The molecule has 1 heterocycles. The van der Waals surface area contributed by atoms with Crippen molar-refractivity contribution in [3.8, 4) is 0 Å². The first-order valence-corrected chi connectivity index (χ1v) is 8.54. The van der Waals surface area contributed by atoms with Gasteiger partial charge in [-0.15, -0.1) is 0 Å². The molecule has 7 heteroatoms. The topological polar surface area (TPSA) is 46.2 Å². The molecule has 2 aliphatic rings. The third-order valence-corrected chi connectivity index (χ3v) is 6.53. The van der Waals surface area contributed by atoms with Crippen LogP contribution in [-0.4, -0.2) is 38.2 Å². The third-order valence-electron chi connectivity index (χ3n) is 4.26. The molecular weight excluding hydrogens is 279 g/mol. The zero-order chi connectivity index (χ0) is 14.1. The van der Waals surface area contributed by atoms with Crippen LogP contribution < -0.4 is 5.32 Å². The molecule has 3 nitrogen and oxygen atoms in total. The summed E-state index contributed by atoms with van der Waals surface area (Å²) in [7, 11) is -3.08. The van der Waals surface area contributed by atoms with E-state index in [0.29, 0.717) is 25.7 Å². The first-order valence-electron chi connectivity index (χ1n) is 6.82. The average molecular weight is 299 g/mol. The minimum atomic E-state index is -4.19. The third kappa shape index (κ3) is 3.62. The van der Waals surface area contributed by atoms with Gasteiger partial charge in [-0.2, -0.15) is 13.2 Å². The zero-order valence-corrected chi connectivity index (χ0v) is 11.6. The lowest BCUT2D eigenvalue weighted by atomic mass is 9.84. The van der Waals surface area contributed by atoms with E-state index in [-0.39, 0.29) is 18.7 Å². The number of nitrogens with one attached hydrogen (secondary N) is 1. The lowest BCUT2D eigenvalue weighted by molar-refractivity contribution is -0.188. The highest BCUT2D eigenvalue weighted by Gasteiger charge is 2.45. The molecule has 0 aromatic carbocycles. The Bertz CT molecular complexity index is 408. The summed E-state index contributed by atoms with van der Waals surface area (Å²) in [5.41, 5.74) is 0. The molecule has 1 saturated heterocycles. The van der Waals surface area contributed by atoms with Gasteiger partial charge in [0.1, 0.15) is 0 Å². The molecule has 0 amide bonds. The van der Waals surface area contributed by atoms with Crippen LogP contribution in [-0.2, 0) is 9.84 Å². The van der Waals surface area contributed by atoms with Crippen molar-refractivity contribution in [3.05, 3.63) is 0 Å². The maximum Gasteiger partial charge on any atom is 0.393 e. The van der Waals surface area contributed by atoms with Crippen molar-refractivity contribution in [3.63, 3.8) is 0 Å². The number of sulfone groups is 1. The van der Waals surface area contributed by atoms with Crippen LogP contribution in [0.1, 0.15) is 38.5 Å². The molecule has 0 radical (unpaired) electrons. The fourth-order valence-electron chi connectivity index (χ4n) is 3.14. The minimum absolute atomic E-state index is 0.151. The summed E-state index contributed by atoms with van der Waals surface area (Å²) in [6.07, 6.45) is -0.977. The van der Waals surface area contributed by atoms with E-state index in [4.69, 9.17) is 0 Å². The first kappa shape index (κ1) is 15.1. The van der Waals surface area contributed by atoms with Crippen molar-refractivity contribution in [2.45, 2.75) is 56.0 Å². The van der Waals surface area contributed by atoms with Crippen LogP contribution in [0.5, 0.6) is 0 Å². The Balaban J connectivity index is 1.93. The molecule has 1 aliphatic carbocycles. The summed E-state index contributed by atoms with van der Waals surface area (Å²) in [5, 5.41) is 2.38. The fraction of sp³-hybridized carbons (Fsp3) is 1.00. The lowest BCUT2D eigenvalue weighted by Gasteiger charge is -2.34. The Labute approximate surface area is 111 Å². The molecule has 3 atom stereocenters. The standard InChI is InChI=1S/C12H20F3NO2S/c13-12(14,15)10-5-1-2-6-11(10)16-8-9-4-3-7-19(9,17)18/h9-11,16H,1-8H2. The van der Waals surface area contributed by atoms with Gasteiger partial charge < -0.3 is 5.32 Å². The normalized spacial score (nSPS) is 35.4. The van der Waals surface area contributed by atoms with E-state index < -0.39 is 33.2 Å². The van der Waals surface area contributed by atoms with Crippen molar-refractivity contribution < 1.29 is 21.6 Å². The van der Waals surface area contributed by atoms with Gasteiger partial charge in [-0.3, -0.25) is 0 Å². The van der Waals surface area contributed by atoms with Gasteiger partial charge in [0.25, 0.3) is 0 Å². The van der Waals surface area contributed by atoms with Crippen molar-refractivity contribution in [1.82, 2.24) is 5.32 Å². The van der Waals surface area contributed by atoms with E-state index >= 15 is 0 Å². The number of hydrogen-bond acceptors (Lipinski definition) is 3. The van der Waals surface area contributed by atoms with Crippen molar-refractivity contribution in [1.29, 1.82) is 0 Å². The van der Waals surface area contributed by atoms with Crippen molar-refractivity contribution >= 4 is 9.84 Å². The van der Waals surface area contributed by atoms with Crippen LogP contribution >= 0.6 is 0 Å². The van der Waals surface area contributed by atoms with Gasteiger partial charge in [0.05, 0.1) is 16.9 Å². The van der Waals surface area contributed by atoms with Crippen LogP contribution in [0, 0.1) is 5.92 Å². The average Bonchev–Trinajstić information content (AvgIpc) is 2.65. The second kappa shape index (κ2) is 5.60. The van der Waals surface area contributed by atoms with E-state index in [1.165, 1.54) is 0 Å². The monoisotopic (exact) mass is 299 g/mol. The van der Waals surface area contributed by atoms with Gasteiger partial charge in [-0.05, 0) is 25.7 Å². The van der Waals surface area contributed by atoms with E-state index in [0.717, 1.165) is 6.42 Å². The Hall–Kier alpha value is -0.300. The molecule has 0 bridgehead atoms. The van der Waals surface area contributed by atoms with Crippen LogP contribution in [0.15, 0.2) is 0 Å². The zero-order valence-electron chi connectivity index (χ0n) is 10.7. The highest BCUT2D eigenvalue weighted by molar-refractivity contribution is 7.92. The highest BCUT2D eigenvalue weighted by Crippen LogP contribution is 2.37. The molecule has 19 heavy (non-hydrogen) atoms. The summed E-state index contributed by atoms with van der Waals surface area (Å²) in [6, 6.07) is -0.621. The van der Waals surface area contributed by atoms with Gasteiger partial charge in [-0.25, -0.2) is 8.42 Å². The Kier molecular flexibility index (Phi) is 4.45. The predicted octanol–water partition coefficient (Wildman–Crippen LogP) is 2.27. The van der Waals surface area contributed by atoms with Gasteiger partial charge >= 0.3 is 6.18 Å². The minimum Gasteiger partial charge on any atom is -0.312 e. The number of hydrogen-bond donors (Lipinski definition) is 1. The maximum absolute atomic E-state index is 12.9. The van der Waals surface area contributed by atoms with E-state index in [2.05, 4.69) is 5.32 Å². The highest BCUT2D eigenvalue weighted by atomic mass is 32.2. The fourth-order valence-corrected chi connectivity index (χ4v) is 4.92. The van der Waals surface area contributed by atoms with E-state index in [9.17, 15) is 21.6 Å². The maximum atomic E-state index is 12.9. The number of alkyl halides is 3. The van der Waals surface area contributed by atoms with Gasteiger partial charge in [0.15, 0.2) is 9.84 Å². The van der Waals surface area contributed by atoms with Crippen LogP contribution in [0.4, 0.5) is 13.2 Å². The molecule has 112 valence electrons. The van der Waals surface area contributed by atoms with E-state index in [1.807, 2.05) is 0 Å². The Morgan fingerprint density at radius 2 is 1.74 bits per heavy atom. The number of rotatable bonds is 3. The smallest absolute Gasteiger partial charge is 0.312 e. The lowest BCUT2D eigenvalue weighted by Crippen LogP contribution is -2.48. The molecule has 2 rings (SSSR count). The summed E-state index contributed by atoms with van der Waals surface area (Å²) in [4.78, 5) is 0. The molecule has 2 fully saturated rings. The molecule has 3 unspecified atom stereocenters. The van der Waals surface area contributed by atoms with Gasteiger partial charge in [-0.1, -0.05) is 12.8 Å². The Morgan fingerprint density at radius 1 is 1.05 bits per heavy atom. The van der Waals surface area contributed by atoms with Gasteiger partial charge in [0, 0.05) is 12.6 Å². The van der Waals surface area contributed by atoms with Crippen molar-refractivity contribution in [2.75, 3.05) is 12.3 Å². The molecule has 1 N–H and O–H groups in total. The Morgan fingerprint density at radius 3 is 2.32 bits per heavy atom. The van der Waals surface area contributed by atoms with Gasteiger partial charge in [0.2, 0.25) is 0 Å². The molecule has 0 spiro atoms. The molecule has 1 saturated carbocycles. The van der Waals surface area contributed by atoms with Crippen LogP contribution in [0.3, 0.4) is 0 Å². The quantitative estimate of drug-likeness (QED) is 0.869.